The normalized spacial score (nSPS) is 13.2. The van der Waals surface area contributed by atoms with Gasteiger partial charge < -0.3 is 10.3 Å². The first-order valence-corrected chi connectivity index (χ1v) is 9.71. The van der Waals surface area contributed by atoms with E-state index in [9.17, 15) is 18.0 Å². The third-order valence-corrected chi connectivity index (χ3v) is 5.44. The molecule has 154 valence electrons. The van der Waals surface area contributed by atoms with E-state index in [2.05, 4.69) is 32.3 Å². The van der Waals surface area contributed by atoms with Gasteiger partial charge >= 0.3 is 6.18 Å². The highest BCUT2D eigenvalue weighted by atomic mass is 19.4. The number of carbonyl (C=O) groups excluding carboxylic acids is 1. The molecule has 2 N–H and O–H groups in total. The Labute approximate surface area is 164 Å². The van der Waals surface area contributed by atoms with E-state index in [0.29, 0.717) is 22.6 Å². The van der Waals surface area contributed by atoms with Gasteiger partial charge in [-0.1, -0.05) is 39.3 Å². The van der Waals surface area contributed by atoms with Gasteiger partial charge in [-0.2, -0.15) is 13.2 Å². The molecule has 1 aromatic carbocycles. The van der Waals surface area contributed by atoms with Crippen molar-refractivity contribution in [2.45, 2.75) is 66.1 Å². The van der Waals surface area contributed by atoms with E-state index < -0.39 is 17.6 Å². The number of nitrogens with zero attached hydrogens (tertiary/aromatic N) is 1. The van der Waals surface area contributed by atoms with Crippen molar-refractivity contribution >= 4 is 5.91 Å². The Morgan fingerprint density at radius 3 is 2.14 bits per heavy atom. The first-order chi connectivity index (χ1) is 13.0. The molecule has 1 amide bonds. The first kappa shape index (κ1) is 22.1. The number of nitrogens with two attached hydrogens (primary N) is 1. The molecule has 0 saturated carbocycles. The molecule has 0 bridgehead atoms. The predicted octanol–water partition coefficient (Wildman–Crippen LogP) is 6.14. The summed E-state index contributed by atoms with van der Waals surface area (Å²) in [5.74, 6) is -0.229. The Morgan fingerprint density at radius 2 is 1.71 bits per heavy atom. The molecule has 0 saturated heterocycles. The van der Waals surface area contributed by atoms with Crippen LogP contribution in [-0.2, 0) is 12.6 Å². The zero-order valence-corrected chi connectivity index (χ0v) is 17.2. The minimum absolute atomic E-state index is 0.133. The lowest BCUT2D eigenvalue weighted by atomic mass is 9.96. The molecule has 1 atom stereocenters. The number of aromatic nitrogens is 1. The fourth-order valence-electron chi connectivity index (χ4n) is 3.65. The zero-order chi connectivity index (χ0) is 21.2. The topological polar surface area (TPSA) is 48.0 Å². The second kappa shape index (κ2) is 8.41. The van der Waals surface area contributed by atoms with Crippen LogP contribution in [0.15, 0.2) is 24.3 Å². The third-order valence-electron chi connectivity index (χ3n) is 5.44. The van der Waals surface area contributed by atoms with Crippen LogP contribution in [0.2, 0.25) is 0 Å². The molecule has 0 fully saturated rings. The van der Waals surface area contributed by atoms with Gasteiger partial charge in [0.2, 0.25) is 0 Å². The molecule has 3 nitrogen and oxygen atoms in total. The summed E-state index contributed by atoms with van der Waals surface area (Å²) in [6, 6.07) is 5.12. The Bertz CT molecular complexity index is 833. The molecular weight excluding hydrogens is 365 g/mol. The summed E-state index contributed by atoms with van der Waals surface area (Å²) in [6.07, 6.45) is -1.78. The minimum atomic E-state index is -4.40. The molecule has 0 aliphatic heterocycles. The minimum Gasteiger partial charge on any atom is -0.366 e. The van der Waals surface area contributed by atoms with Crippen LogP contribution < -0.4 is 5.73 Å². The number of primary amides is 1. The molecule has 0 aliphatic carbocycles. The standard InChI is InChI=1S/C22H29F3N2O/c1-6-7-8-18-20(16-9-11-17(12-10-16)22(23,24)25)19(21(26)28)15(5)27(18)14(4)13(2)3/h9-14H,6-8H2,1-5H3,(H2,26,28). The maximum Gasteiger partial charge on any atom is 0.416 e. The van der Waals surface area contributed by atoms with Crippen molar-refractivity contribution in [1.29, 1.82) is 0 Å². The Hall–Kier alpha value is -2.24. The maximum atomic E-state index is 13.0. The predicted molar refractivity (Wildman–Crippen MR) is 106 cm³/mol. The molecule has 0 spiro atoms. The van der Waals surface area contributed by atoms with E-state index in [1.54, 1.807) is 0 Å². The number of unbranched alkanes of at least 4 members (excludes halogenated alkanes) is 1. The summed E-state index contributed by atoms with van der Waals surface area (Å²) in [4.78, 5) is 12.3. The van der Waals surface area contributed by atoms with E-state index >= 15 is 0 Å². The number of amides is 1. The molecule has 2 rings (SSSR count). The van der Waals surface area contributed by atoms with Gasteiger partial charge in [0.1, 0.15) is 0 Å². The van der Waals surface area contributed by atoms with E-state index in [4.69, 9.17) is 5.73 Å². The van der Waals surface area contributed by atoms with E-state index in [1.807, 2.05) is 6.92 Å². The zero-order valence-electron chi connectivity index (χ0n) is 17.2. The van der Waals surface area contributed by atoms with Crippen molar-refractivity contribution in [2.75, 3.05) is 0 Å². The molecule has 1 unspecified atom stereocenters. The van der Waals surface area contributed by atoms with Gasteiger partial charge in [0.15, 0.2) is 0 Å². The number of alkyl halides is 3. The number of benzene rings is 1. The first-order valence-electron chi connectivity index (χ1n) is 9.71. The van der Waals surface area contributed by atoms with Crippen LogP contribution in [0.3, 0.4) is 0 Å². The van der Waals surface area contributed by atoms with Gasteiger partial charge in [0, 0.05) is 23.0 Å². The fraction of sp³-hybridized carbons (Fsp3) is 0.500. The van der Waals surface area contributed by atoms with Gasteiger partial charge in [0.05, 0.1) is 11.1 Å². The molecule has 6 heteroatoms. The third kappa shape index (κ3) is 4.26. The van der Waals surface area contributed by atoms with E-state index in [0.717, 1.165) is 42.8 Å². The average Bonchev–Trinajstić information content (AvgIpc) is 2.90. The number of rotatable bonds is 7. The highest BCUT2D eigenvalue weighted by molar-refractivity contribution is 6.02. The summed E-state index contributed by atoms with van der Waals surface area (Å²) >= 11 is 0. The van der Waals surface area contributed by atoms with Crippen LogP contribution >= 0.6 is 0 Å². The van der Waals surface area contributed by atoms with Gasteiger partial charge in [-0.25, -0.2) is 0 Å². The molecule has 0 radical (unpaired) electrons. The van der Waals surface area contributed by atoms with Crippen molar-refractivity contribution in [3.8, 4) is 11.1 Å². The van der Waals surface area contributed by atoms with Crippen molar-refractivity contribution in [2.24, 2.45) is 11.7 Å². The number of halogens is 3. The second-order valence-corrected chi connectivity index (χ2v) is 7.68. The van der Waals surface area contributed by atoms with Crippen LogP contribution in [0.25, 0.3) is 11.1 Å². The molecule has 1 heterocycles. The molecular formula is C22H29F3N2O. The maximum absolute atomic E-state index is 13.0. The summed E-state index contributed by atoms with van der Waals surface area (Å²) in [6.45, 7) is 10.3. The van der Waals surface area contributed by atoms with Crippen molar-refractivity contribution in [3.63, 3.8) is 0 Å². The highest BCUT2D eigenvalue weighted by Crippen LogP contribution is 2.38. The summed E-state index contributed by atoms with van der Waals surface area (Å²) in [7, 11) is 0. The molecule has 0 aliphatic rings. The van der Waals surface area contributed by atoms with Crippen LogP contribution in [0, 0.1) is 12.8 Å². The summed E-state index contributed by atoms with van der Waals surface area (Å²) in [5, 5.41) is 0. The second-order valence-electron chi connectivity index (χ2n) is 7.68. The lowest BCUT2D eigenvalue weighted by Gasteiger charge is -2.23. The monoisotopic (exact) mass is 394 g/mol. The molecule has 28 heavy (non-hydrogen) atoms. The average molecular weight is 394 g/mol. The van der Waals surface area contributed by atoms with Crippen molar-refractivity contribution < 1.29 is 18.0 Å². The lowest BCUT2D eigenvalue weighted by Crippen LogP contribution is -2.17. The van der Waals surface area contributed by atoms with E-state index in [-0.39, 0.29) is 6.04 Å². The smallest absolute Gasteiger partial charge is 0.366 e. The van der Waals surface area contributed by atoms with Crippen LogP contribution in [0.1, 0.15) is 73.9 Å². The summed E-state index contributed by atoms with van der Waals surface area (Å²) in [5.41, 5.74) is 8.39. The van der Waals surface area contributed by atoms with Crippen molar-refractivity contribution in [1.82, 2.24) is 4.57 Å². The van der Waals surface area contributed by atoms with Gasteiger partial charge in [-0.3, -0.25) is 4.79 Å². The van der Waals surface area contributed by atoms with E-state index in [1.165, 1.54) is 12.1 Å². The number of hydrogen-bond donors (Lipinski definition) is 1. The SMILES string of the molecule is CCCCc1c(-c2ccc(C(F)(F)F)cc2)c(C(N)=O)c(C)n1C(C)C(C)C. The largest absolute Gasteiger partial charge is 0.416 e. The van der Waals surface area contributed by atoms with Crippen LogP contribution in [0.4, 0.5) is 13.2 Å². The lowest BCUT2D eigenvalue weighted by molar-refractivity contribution is -0.137. The Morgan fingerprint density at radius 1 is 1.14 bits per heavy atom. The van der Waals surface area contributed by atoms with Crippen LogP contribution in [-0.4, -0.2) is 10.5 Å². The number of carbonyl (C=O) groups is 1. The summed E-state index contributed by atoms with van der Waals surface area (Å²) < 4.78 is 41.0. The Kier molecular flexibility index (Phi) is 6.63. The van der Waals surface area contributed by atoms with Gasteiger partial charge in [0.25, 0.3) is 5.91 Å². The number of hydrogen-bond acceptors (Lipinski definition) is 1. The van der Waals surface area contributed by atoms with Gasteiger partial charge in [-0.05, 0) is 50.3 Å². The van der Waals surface area contributed by atoms with Gasteiger partial charge in [-0.15, -0.1) is 0 Å². The molecule has 2 aromatic rings. The fourth-order valence-corrected chi connectivity index (χ4v) is 3.65. The van der Waals surface area contributed by atoms with Crippen LogP contribution in [0.5, 0.6) is 0 Å². The highest BCUT2D eigenvalue weighted by Gasteiger charge is 2.31. The Balaban J connectivity index is 2.76. The molecule has 1 aromatic heterocycles. The van der Waals surface area contributed by atoms with Crippen molar-refractivity contribution in [3.05, 3.63) is 46.8 Å². The quantitative estimate of drug-likeness (QED) is 0.602.